The fraction of sp³-hybridized carbons (Fsp3) is 0.200. The molecule has 138 valence electrons. The summed E-state index contributed by atoms with van der Waals surface area (Å²) in [4.78, 5) is 28.4. The Kier molecular flexibility index (Phi) is 5.03. The lowest BCUT2D eigenvalue weighted by molar-refractivity contribution is -0.125. The van der Waals surface area contributed by atoms with Crippen molar-refractivity contribution >= 4 is 11.8 Å². The monoisotopic (exact) mass is 363 g/mol. The number of hydrogen-bond donors (Lipinski definition) is 2. The molecule has 0 aliphatic carbocycles. The Bertz CT molecular complexity index is 892. The first-order chi connectivity index (χ1) is 12.9. The summed E-state index contributed by atoms with van der Waals surface area (Å²) in [5.74, 6) is -0.370. The Labute approximate surface area is 157 Å². The fourth-order valence-electron chi connectivity index (χ4n) is 2.40. The van der Waals surface area contributed by atoms with Gasteiger partial charge in [-0.1, -0.05) is 48.5 Å². The number of nitrogens with two attached hydrogens (primary N) is 1. The molecule has 1 heterocycles. The predicted molar refractivity (Wildman–Crippen MR) is 102 cm³/mol. The second kappa shape index (κ2) is 7.41. The summed E-state index contributed by atoms with van der Waals surface area (Å²) >= 11 is 0. The quantitative estimate of drug-likeness (QED) is 0.700. The van der Waals surface area contributed by atoms with Gasteiger partial charge in [-0.25, -0.2) is 9.67 Å². The molecule has 0 fully saturated rings. The number of rotatable bonds is 6. The van der Waals surface area contributed by atoms with Gasteiger partial charge in [-0.2, -0.15) is 0 Å². The van der Waals surface area contributed by atoms with Crippen LogP contribution >= 0.6 is 0 Å². The van der Waals surface area contributed by atoms with E-state index >= 15 is 0 Å². The van der Waals surface area contributed by atoms with Crippen LogP contribution in [0.25, 0.3) is 17.1 Å². The lowest BCUT2D eigenvalue weighted by atomic mass is 9.93. The number of hydrogen-bond acceptors (Lipinski definition) is 4. The normalized spacial score (nSPS) is 11.2. The van der Waals surface area contributed by atoms with Crippen molar-refractivity contribution in [2.24, 2.45) is 11.1 Å². The third-order valence-electron chi connectivity index (χ3n) is 4.20. The molecule has 2 amide bonds. The minimum Gasteiger partial charge on any atom is -0.369 e. The summed E-state index contributed by atoms with van der Waals surface area (Å²) in [6.07, 6.45) is 0. The van der Waals surface area contributed by atoms with Crippen LogP contribution in [-0.2, 0) is 4.79 Å². The van der Waals surface area contributed by atoms with Crippen molar-refractivity contribution in [1.82, 2.24) is 20.1 Å². The highest BCUT2D eigenvalue weighted by molar-refractivity contribution is 5.91. The zero-order valence-electron chi connectivity index (χ0n) is 15.2. The minimum atomic E-state index is -0.861. The van der Waals surface area contributed by atoms with Crippen molar-refractivity contribution < 1.29 is 9.59 Å². The van der Waals surface area contributed by atoms with Gasteiger partial charge in [0.2, 0.25) is 11.7 Å². The van der Waals surface area contributed by atoms with E-state index in [4.69, 9.17) is 5.73 Å². The maximum Gasteiger partial charge on any atom is 0.291 e. The Morgan fingerprint density at radius 1 is 1.04 bits per heavy atom. The number of amides is 2. The first kappa shape index (κ1) is 18.3. The van der Waals surface area contributed by atoms with E-state index in [2.05, 4.69) is 15.4 Å². The van der Waals surface area contributed by atoms with Crippen molar-refractivity contribution in [2.75, 3.05) is 6.54 Å². The van der Waals surface area contributed by atoms with Crippen LogP contribution in [0.3, 0.4) is 0 Å². The summed E-state index contributed by atoms with van der Waals surface area (Å²) < 4.78 is 1.63. The highest BCUT2D eigenvalue weighted by Gasteiger charge is 2.27. The van der Waals surface area contributed by atoms with Gasteiger partial charge in [-0.05, 0) is 26.0 Å². The second-order valence-electron chi connectivity index (χ2n) is 6.80. The number of benzene rings is 2. The van der Waals surface area contributed by atoms with Gasteiger partial charge >= 0.3 is 0 Å². The van der Waals surface area contributed by atoms with Crippen LogP contribution in [0.2, 0.25) is 0 Å². The Balaban J connectivity index is 1.95. The molecule has 3 N–H and O–H groups in total. The van der Waals surface area contributed by atoms with E-state index in [1.165, 1.54) is 0 Å². The molecule has 0 unspecified atom stereocenters. The topological polar surface area (TPSA) is 103 Å². The summed E-state index contributed by atoms with van der Waals surface area (Å²) in [7, 11) is 0. The zero-order valence-corrected chi connectivity index (χ0v) is 15.2. The van der Waals surface area contributed by atoms with E-state index < -0.39 is 17.2 Å². The molecule has 0 saturated heterocycles. The maximum absolute atomic E-state index is 12.5. The van der Waals surface area contributed by atoms with Crippen LogP contribution in [0.15, 0.2) is 60.7 Å². The number of para-hydroxylation sites is 1. The van der Waals surface area contributed by atoms with Gasteiger partial charge < -0.3 is 11.1 Å². The average Bonchev–Trinajstić information content (AvgIpc) is 3.13. The molecular formula is C20H21N5O2. The van der Waals surface area contributed by atoms with E-state index in [0.717, 1.165) is 11.3 Å². The van der Waals surface area contributed by atoms with Gasteiger partial charge in [-0.15, -0.1) is 5.10 Å². The SMILES string of the molecule is CC(C)(CNC(=O)c1nc(-c2ccccc2)n(-c2ccccc2)n1)C(N)=O. The first-order valence-electron chi connectivity index (χ1n) is 8.54. The standard InChI is InChI=1S/C20H21N5O2/c1-20(2,19(21)27)13-22-18(26)16-23-17(14-9-5-3-6-10-14)25(24-16)15-11-7-4-8-12-15/h3-12H,13H2,1-2H3,(H2,21,27)(H,22,26). The average molecular weight is 363 g/mol. The van der Waals surface area contributed by atoms with Crippen molar-refractivity contribution in [2.45, 2.75) is 13.8 Å². The summed E-state index contributed by atoms with van der Waals surface area (Å²) in [6, 6.07) is 19.0. The third kappa shape index (κ3) is 4.03. The number of carbonyl (C=O) groups is 2. The van der Waals surface area contributed by atoms with Gasteiger partial charge in [0.15, 0.2) is 5.82 Å². The van der Waals surface area contributed by atoms with E-state index in [1.807, 2.05) is 60.7 Å². The van der Waals surface area contributed by atoms with E-state index in [-0.39, 0.29) is 12.4 Å². The van der Waals surface area contributed by atoms with Crippen molar-refractivity contribution in [3.63, 3.8) is 0 Å². The van der Waals surface area contributed by atoms with Crippen LogP contribution in [-0.4, -0.2) is 33.1 Å². The molecule has 7 nitrogen and oxygen atoms in total. The van der Waals surface area contributed by atoms with E-state index in [1.54, 1.807) is 18.5 Å². The first-order valence-corrected chi connectivity index (χ1v) is 8.54. The summed E-state index contributed by atoms with van der Waals surface area (Å²) in [5, 5.41) is 7.07. The molecular weight excluding hydrogens is 342 g/mol. The van der Waals surface area contributed by atoms with Gasteiger partial charge in [0, 0.05) is 12.1 Å². The molecule has 0 aliphatic rings. The highest BCUT2D eigenvalue weighted by atomic mass is 16.2. The van der Waals surface area contributed by atoms with Gasteiger partial charge in [-0.3, -0.25) is 9.59 Å². The molecule has 0 radical (unpaired) electrons. The number of carbonyl (C=O) groups excluding carboxylic acids is 2. The van der Waals surface area contributed by atoms with Gasteiger partial charge in [0.25, 0.3) is 5.91 Å². The van der Waals surface area contributed by atoms with Crippen LogP contribution in [0, 0.1) is 5.41 Å². The third-order valence-corrected chi connectivity index (χ3v) is 4.20. The minimum absolute atomic E-state index is 0.0259. The Morgan fingerprint density at radius 3 is 2.22 bits per heavy atom. The summed E-state index contributed by atoms with van der Waals surface area (Å²) in [6.45, 7) is 3.43. The van der Waals surface area contributed by atoms with Crippen molar-refractivity contribution in [1.29, 1.82) is 0 Å². The fourth-order valence-corrected chi connectivity index (χ4v) is 2.40. The zero-order chi connectivity index (χ0) is 19.4. The van der Waals surface area contributed by atoms with Crippen LogP contribution in [0.5, 0.6) is 0 Å². The van der Waals surface area contributed by atoms with Gasteiger partial charge in [0.1, 0.15) is 0 Å². The Morgan fingerprint density at radius 2 is 1.63 bits per heavy atom. The molecule has 27 heavy (non-hydrogen) atoms. The van der Waals surface area contributed by atoms with Gasteiger partial charge in [0.05, 0.1) is 11.1 Å². The van der Waals surface area contributed by atoms with Crippen molar-refractivity contribution in [3.8, 4) is 17.1 Å². The molecule has 2 aromatic carbocycles. The van der Waals surface area contributed by atoms with E-state index in [9.17, 15) is 9.59 Å². The second-order valence-corrected chi connectivity index (χ2v) is 6.80. The number of aromatic nitrogens is 3. The van der Waals surface area contributed by atoms with Crippen LogP contribution in [0.4, 0.5) is 0 Å². The lowest BCUT2D eigenvalue weighted by Gasteiger charge is -2.20. The molecule has 0 bridgehead atoms. The number of nitrogens with zero attached hydrogens (tertiary/aromatic N) is 3. The molecule has 0 saturated carbocycles. The largest absolute Gasteiger partial charge is 0.369 e. The molecule has 0 spiro atoms. The molecule has 0 atom stereocenters. The Hall–Kier alpha value is -3.48. The smallest absolute Gasteiger partial charge is 0.291 e. The molecule has 3 aromatic rings. The van der Waals surface area contributed by atoms with Crippen molar-refractivity contribution in [3.05, 3.63) is 66.5 Å². The highest BCUT2D eigenvalue weighted by Crippen LogP contribution is 2.21. The molecule has 1 aromatic heterocycles. The van der Waals surface area contributed by atoms with E-state index in [0.29, 0.717) is 5.82 Å². The molecule has 3 rings (SSSR count). The van der Waals surface area contributed by atoms with Crippen LogP contribution in [0.1, 0.15) is 24.5 Å². The predicted octanol–water partition coefficient (Wildman–Crippen LogP) is 2.18. The number of nitrogens with one attached hydrogen (secondary N) is 1. The number of primary amides is 1. The maximum atomic E-state index is 12.5. The summed E-state index contributed by atoms with van der Waals surface area (Å²) in [5.41, 5.74) is 6.12. The molecule has 0 aliphatic heterocycles. The molecule has 7 heteroatoms. The lowest BCUT2D eigenvalue weighted by Crippen LogP contribution is -2.42. The van der Waals surface area contributed by atoms with Crippen LogP contribution < -0.4 is 11.1 Å².